The van der Waals surface area contributed by atoms with E-state index >= 15 is 0 Å². The van der Waals surface area contributed by atoms with Crippen LogP contribution in [0, 0.1) is 13.8 Å². The Morgan fingerprint density at radius 2 is 1.56 bits per heavy atom. The molecular weight excluding hydrogens is 536 g/mol. The normalized spacial score (nSPS) is 11.3. The first-order valence-corrected chi connectivity index (χ1v) is 13.9. The fourth-order valence-electron chi connectivity index (χ4n) is 4.62. The monoisotopic (exact) mass is 563 g/mol. The molecule has 0 saturated carbocycles. The van der Waals surface area contributed by atoms with Crippen molar-refractivity contribution in [2.75, 3.05) is 0 Å². The maximum absolute atomic E-state index is 13.2. The average Bonchev–Trinajstić information content (AvgIpc) is 3.27. The van der Waals surface area contributed by atoms with Crippen molar-refractivity contribution in [3.05, 3.63) is 113 Å². The molecule has 0 spiro atoms. The van der Waals surface area contributed by atoms with E-state index in [2.05, 4.69) is 23.1 Å². The quantitative estimate of drug-likeness (QED) is 0.279. The van der Waals surface area contributed by atoms with E-state index in [1.54, 1.807) is 48.5 Å². The van der Waals surface area contributed by atoms with Gasteiger partial charge in [-0.25, -0.2) is 23.1 Å². The van der Waals surface area contributed by atoms with Gasteiger partial charge in [-0.15, -0.1) is 0 Å². The standard InChI is InChI=1S/C30H28N4O3S.K/c1-4-27-32-28-20(2)18-21(3)31-29(28)34(27)19-22-14-16-23(17-15-22)25-12-8-9-13-26(25)38(36,37)33-30(35)24-10-6-5-7-11-24;/h5-18H,4,19H2,1-3H3,(H,33,35);. The second-order valence-electron chi connectivity index (χ2n) is 9.21. The summed E-state index contributed by atoms with van der Waals surface area (Å²) in [7, 11) is -4.10. The van der Waals surface area contributed by atoms with Crippen molar-refractivity contribution in [2.24, 2.45) is 0 Å². The SMILES string of the molecule is CCc1nc2c(C)cc(C)nc2n1Cc1ccc(-c2ccccc2S(=O)(=O)NC(=O)c2ccccc2)cc1.[K]. The van der Waals surface area contributed by atoms with Gasteiger partial charge in [-0.1, -0.05) is 67.6 Å². The molecule has 0 aliphatic rings. The maximum atomic E-state index is 13.2. The number of amides is 1. The molecule has 1 radical (unpaired) electrons. The molecule has 39 heavy (non-hydrogen) atoms. The van der Waals surface area contributed by atoms with Crippen molar-refractivity contribution in [1.82, 2.24) is 19.3 Å². The van der Waals surface area contributed by atoms with Gasteiger partial charge in [0.25, 0.3) is 15.9 Å². The van der Waals surface area contributed by atoms with Crippen LogP contribution in [0.25, 0.3) is 22.3 Å². The molecule has 2 heterocycles. The number of carbonyl (C=O) groups excluding carboxylic acids is 1. The molecule has 0 aliphatic heterocycles. The zero-order valence-corrected chi connectivity index (χ0v) is 26.4. The van der Waals surface area contributed by atoms with Crippen molar-refractivity contribution >= 4 is 78.5 Å². The summed E-state index contributed by atoms with van der Waals surface area (Å²) >= 11 is 0. The fraction of sp³-hybridized carbons (Fsp3) is 0.167. The minimum atomic E-state index is -4.10. The zero-order chi connectivity index (χ0) is 26.9. The molecule has 0 bridgehead atoms. The van der Waals surface area contributed by atoms with Crippen LogP contribution in [0.3, 0.4) is 0 Å². The molecule has 0 unspecified atom stereocenters. The van der Waals surface area contributed by atoms with Crippen LogP contribution in [0.2, 0.25) is 0 Å². The fourth-order valence-corrected chi connectivity index (χ4v) is 5.83. The molecule has 0 atom stereocenters. The molecule has 2 aromatic heterocycles. The van der Waals surface area contributed by atoms with E-state index in [-0.39, 0.29) is 61.8 Å². The van der Waals surface area contributed by atoms with Crippen LogP contribution in [0.5, 0.6) is 0 Å². The van der Waals surface area contributed by atoms with Gasteiger partial charge in [-0.2, -0.15) is 0 Å². The minimum Gasteiger partial charge on any atom is -0.308 e. The predicted molar refractivity (Wildman–Crippen MR) is 154 cm³/mol. The van der Waals surface area contributed by atoms with Crippen LogP contribution in [0.4, 0.5) is 0 Å². The molecule has 5 rings (SSSR count). The van der Waals surface area contributed by atoms with E-state index in [1.807, 2.05) is 37.3 Å². The summed E-state index contributed by atoms with van der Waals surface area (Å²) < 4.78 is 30.7. The van der Waals surface area contributed by atoms with Gasteiger partial charge >= 0.3 is 0 Å². The largest absolute Gasteiger partial charge is 0.308 e. The first-order chi connectivity index (χ1) is 18.3. The van der Waals surface area contributed by atoms with Crippen molar-refractivity contribution in [2.45, 2.75) is 38.6 Å². The van der Waals surface area contributed by atoms with Gasteiger partial charge in [0, 0.05) is 74.6 Å². The minimum absolute atomic E-state index is 0. The van der Waals surface area contributed by atoms with E-state index in [0.29, 0.717) is 12.1 Å². The number of fused-ring (bicyclic) bond motifs is 1. The number of imidazole rings is 1. The molecule has 0 saturated heterocycles. The van der Waals surface area contributed by atoms with Gasteiger partial charge in [0.15, 0.2) is 5.65 Å². The molecule has 7 nitrogen and oxygen atoms in total. The van der Waals surface area contributed by atoms with Crippen LogP contribution in [0.1, 0.15) is 39.9 Å². The van der Waals surface area contributed by atoms with Gasteiger partial charge in [-0.05, 0) is 54.8 Å². The van der Waals surface area contributed by atoms with Crippen LogP contribution < -0.4 is 4.72 Å². The summed E-state index contributed by atoms with van der Waals surface area (Å²) in [6.07, 6.45) is 0.785. The Labute approximate surface area is 271 Å². The molecule has 1 amide bonds. The first-order valence-electron chi connectivity index (χ1n) is 12.4. The first kappa shape index (κ1) is 29.3. The number of nitrogens with one attached hydrogen (secondary N) is 1. The molecule has 0 aliphatic carbocycles. The summed E-state index contributed by atoms with van der Waals surface area (Å²) in [4.78, 5) is 22.2. The van der Waals surface area contributed by atoms with Crippen LogP contribution in [0.15, 0.2) is 89.8 Å². The van der Waals surface area contributed by atoms with Crippen LogP contribution in [-0.4, -0.2) is 80.2 Å². The number of aromatic nitrogens is 3. The third kappa shape index (κ3) is 6.24. The number of aryl methyl sites for hydroxylation is 3. The Balaban J connectivity index is 0.00000353. The topological polar surface area (TPSA) is 93.9 Å². The number of hydrogen-bond donors (Lipinski definition) is 1. The van der Waals surface area contributed by atoms with E-state index in [4.69, 9.17) is 9.97 Å². The third-order valence-corrected chi connectivity index (χ3v) is 7.85. The summed E-state index contributed by atoms with van der Waals surface area (Å²) in [6.45, 7) is 6.72. The Hall–Kier alpha value is -2.66. The number of pyridine rings is 1. The second-order valence-corrected chi connectivity index (χ2v) is 10.9. The summed E-state index contributed by atoms with van der Waals surface area (Å²) in [6, 6.07) is 24.8. The van der Waals surface area contributed by atoms with E-state index in [9.17, 15) is 13.2 Å². The molecule has 0 fully saturated rings. The van der Waals surface area contributed by atoms with E-state index < -0.39 is 15.9 Å². The zero-order valence-electron chi connectivity index (χ0n) is 22.5. The maximum Gasteiger partial charge on any atom is 0.264 e. The summed E-state index contributed by atoms with van der Waals surface area (Å²) in [5.74, 6) is 0.296. The predicted octanol–water partition coefficient (Wildman–Crippen LogP) is 5.06. The van der Waals surface area contributed by atoms with Crippen LogP contribution in [-0.2, 0) is 23.0 Å². The van der Waals surface area contributed by atoms with Gasteiger partial charge in [-0.3, -0.25) is 4.79 Å². The average molecular weight is 564 g/mol. The molecule has 3 aromatic carbocycles. The van der Waals surface area contributed by atoms with Crippen LogP contribution >= 0.6 is 0 Å². The summed E-state index contributed by atoms with van der Waals surface area (Å²) in [5, 5.41) is 0. The summed E-state index contributed by atoms with van der Waals surface area (Å²) in [5.41, 5.74) is 6.41. The van der Waals surface area contributed by atoms with Crippen molar-refractivity contribution in [3.8, 4) is 11.1 Å². The number of hydrogen-bond acceptors (Lipinski definition) is 5. The molecule has 1 N–H and O–H groups in total. The van der Waals surface area contributed by atoms with Gasteiger partial charge in [0.2, 0.25) is 0 Å². The van der Waals surface area contributed by atoms with Gasteiger partial charge in [0.1, 0.15) is 11.3 Å². The molecule has 9 heteroatoms. The molecule has 5 aromatic rings. The smallest absolute Gasteiger partial charge is 0.264 e. The van der Waals surface area contributed by atoms with Gasteiger partial charge in [0.05, 0.1) is 11.4 Å². The Morgan fingerprint density at radius 3 is 2.26 bits per heavy atom. The number of carbonyl (C=O) groups is 1. The third-order valence-electron chi connectivity index (χ3n) is 6.46. The Bertz CT molecular complexity index is 1750. The Kier molecular flexibility index (Phi) is 9.20. The van der Waals surface area contributed by atoms with E-state index in [0.717, 1.165) is 45.8 Å². The van der Waals surface area contributed by atoms with Crippen molar-refractivity contribution < 1.29 is 13.2 Å². The second kappa shape index (κ2) is 12.2. The number of rotatable bonds is 7. The van der Waals surface area contributed by atoms with Crippen molar-refractivity contribution in [1.29, 1.82) is 0 Å². The Morgan fingerprint density at radius 1 is 0.897 bits per heavy atom. The number of nitrogens with zero attached hydrogens (tertiary/aromatic N) is 3. The van der Waals surface area contributed by atoms with Crippen molar-refractivity contribution in [3.63, 3.8) is 0 Å². The number of benzene rings is 3. The van der Waals surface area contributed by atoms with Gasteiger partial charge < -0.3 is 4.57 Å². The number of sulfonamides is 1. The molecular formula is C30H28KN4O3S. The van der Waals surface area contributed by atoms with E-state index in [1.165, 1.54) is 6.07 Å². The molecule has 193 valence electrons.